The summed E-state index contributed by atoms with van der Waals surface area (Å²) in [5, 5.41) is 6.89. The van der Waals surface area contributed by atoms with E-state index in [2.05, 4.69) is 10.5 Å². The van der Waals surface area contributed by atoms with Crippen molar-refractivity contribution < 1.29 is 19.2 Å². The Bertz CT molecular complexity index is 860. The minimum atomic E-state index is -0.779. The topological polar surface area (TPSA) is 77.0 Å². The summed E-state index contributed by atoms with van der Waals surface area (Å²) in [4.78, 5) is 29.1. The van der Waals surface area contributed by atoms with Gasteiger partial charge in [-0.15, -0.1) is 0 Å². The SMILES string of the molecule is CC(=O)c1cccc(NC(=O)C(C)ON=C2CCOc3ccccc32)c1. The first kappa shape index (κ1) is 17.7. The number of carbonyl (C=O) groups excluding carboxylic acids is 2. The number of ether oxygens (including phenoxy) is 1. The molecule has 134 valence electrons. The van der Waals surface area contributed by atoms with Crippen molar-refractivity contribution in [2.45, 2.75) is 26.4 Å². The zero-order valence-corrected chi connectivity index (χ0v) is 14.7. The highest BCUT2D eigenvalue weighted by Gasteiger charge is 2.19. The number of rotatable bonds is 5. The van der Waals surface area contributed by atoms with Crippen LogP contribution in [0.4, 0.5) is 5.69 Å². The molecule has 1 atom stereocenters. The molecule has 2 aromatic carbocycles. The van der Waals surface area contributed by atoms with Crippen LogP contribution in [-0.2, 0) is 9.63 Å². The highest BCUT2D eigenvalue weighted by Crippen LogP contribution is 2.24. The largest absolute Gasteiger partial charge is 0.492 e. The van der Waals surface area contributed by atoms with Crippen molar-refractivity contribution >= 4 is 23.1 Å². The Morgan fingerprint density at radius 3 is 2.81 bits per heavy atom. The molecule has 0 spiro atoms. The maximum absolute atomic E-state index is 12.3. The average molecular weight is 352 g/mol. The van der Waals surface area contributed by atoms with Gasteiger partial charge in [-0.05, 0) is 38.1 Å². The number of amides is 1. The van der Waals surface area contributed by atoms with Gasteiger partial charge in [-0.25, -0.2) is 0 Å². The summed E-state index contributed by atoms with van der Waals surface area (Å²) in [6.45, 7) is 3.63. The highest BCUT2D eigenvalue weighted by molar-refractivity contribution is 6.03. The quantitative estimate of drug-likeness (QED) is 0.661. The molecule has 6 nitrogen and oxygen atoms in total. The number of hydrogen-bond donors (Lipinski definition) is 1. The van der Waals surface area contributed by atoms with Gasteiger partial charge in [-0.3, -0.25) is 9.59 Å². The second-order valence-corrected chi connectivity index (χ2v) is 6.01. The Hall–Kier alpha value is -3.15. The van der Waals surface area contributed by atoms with E-state index >= 15 is 0 Å². The van der Waals surface area contributed by atoms with Crippen LogP contribution in [0.5, 0.6) is 5.75 Å². The lowest BCUT2D eigenvalue weighted by molar-refractivity contribution is -0.126. The van der Waals surface area contributed by atoms with Gasteiger partial charge in [-0.1, -0.05) is 29.4 Å². The molecule has 0 saturated heterocycles. The van der Waals surface area contributed by atoms with Crippen LogP contribution >= 0.6 is 0 Å². The molecule has 0 aromatic heterocycles. The first-order valence-electron chi connectivity index (χ1n) is 8.41. The predicted molar refractivity (Wildman–Crippen MR) is 98.7 cm³/mol. The third-order valence-electron chi connectivity index (χ3n) is 4.02. The number of hydrogen-bond acceptors (Lipinski definition) is 5. The fourth-order valence-corrected chi connectivity index (χ4v) is 2.57. The molecule has 1 aliphatic heterocycles. The van der Waals surface area contributed by atoms with Gasteiger partial charge >= 0.3 is 0 Å². The zero-order valence-electron chi connectivity index (χ0n) is 14.7. The van der Waals surface area contributed by atoms with Crippen molar-refractivity contribution in [1.82, 2.24) is 0 Å². The Kier molecular flexibility index (Phi) is 5.31. The zero-order chi connectivity index (χ0) is 18.5. The van der Waals surface area contributed by atoms with Crippen molar-refractivity contribution in [1.29, 1.82) is 0 Å². The number of oxime groups is 1. The molecule has 26 heavy (non-hydrogen) atoms. The molecule has 1 heterocycles. The molecule has 6 heteroatoms. The Labute approximate surface area is 151 Å². The lowest BCUT2D eigenvalue weighted by Gasteiger charge is -2.19. The van der Waals surface area contributed by atoms with Gasteiger partial charge in [-0.2, -0.15) is 0 Å². The van der Waals surface area contributed by atoms with E-state index in [1.165, 1.54) is 6.92 Å². The van der Waals surface area contributed by atoms with Crippen LogP contribution in [-0.4, -0.2) is 30.1 Å². The molecule has 1 aliphatic rings. The average Bonchev–Trinajstić information content (AvgIpc) is 2.66. The predicted octanol–water partition coefficient (Wildman–Crippen LogP) is 3.42. The number of para-hydroxylation sites is 1. The van der Waals surface area contributed by atoms with Crippen molar-refractivity contribution in [2.24, 2.45) is 5.16 Å². The van der Waals surface area contributed by atoms with Gasteiger partial charge in [0.2, 0.25) is 6.10 Å². The van der Waals surface area contributed by atoms with Gasteiger partial charge in [0.25, 0.3) is 5.91 Å². The van der Waals surface area contributed by atoms with E-state index in [1.807, 2.05) is 24.3 Å². The van der Waals surface area contributed by atoms with Crippen LogP contribution in [0.25, 0.3) is 0 Å². The van der Waals surface area contributed by atoms with Gasteiger partial charge in [0.15, 0.2) is 5.78 Å². The first-order chi connectivity index (χ1) is 12.5. The lowest BCUT2D eigenvalue weighted by atomic mass is 10.0. The second kappa shape index (κ2) is 7.82. The molecule has 1 N–H and O–H groups in total. The number of carbonyl (C=O) groups is 2. The summed E-state index contributed by atoms with van der Waals surface area (Å²) >= 11 is 0. The Morgan fingerprint density at radius 1 is 1.19 bits per heavy atom. The monoisotopic (exact) mass is 352 g/mol. The second-order valence-electron chi connectivity index (χ2n) is 6.01. The third-order valence-corrected chi connectivity index (χ3v) is 4.02. The van der Waals surface area contributed by atoms with Gasteiger partial charge in [0.1, 0.15) is 5.75 Å². The van der Waals surface area contributed by atoms with Crippen molar-refractivity contribution in [3.8, 4) is 5.75 Å². The minimum absolute atomic E-state index is 0.0602. The molecule has 1 unspecified atom stereocenters. The van der Waals surface area contributed by atoms with E-state index in [0.29, 0.717) is 24.3 Å². The number of nitrogens with one attached hydrogen (secondary N) is 1. The summed E-state index contributed by atoms with van der Waals surface area (Å²) in [5.74, 6) is 0.365. The number of fused-ring (bicyclic) bond motifs is 1. The lowest BCUT2D eigenvalue weighted by Crippen LogP contribution is -2.27. The molecule has 2 aromatic rings. The molecular formula is C20H20N2O4. The summed E-state index contributed by atoms with van der Waals surface area (Å²) in [6.07, 6.45) is -0.162. The number of benzene rings is 2. The molecule has 0 aliphatic carbocycles. The highest BCUT2D eigenvalue weighted by atomic mass is 16.6. The van der Waals surface area contributed by atoms with Gasteiger partial charge in [0, 0.05) is 23.2 Å². The van der Waals surface area contributed by atoms with E-state index in [9.17, 15) is 9.59 Å². The Balaban J connectivity index is 1.65. The van der Waals surface area contributed by atoms with E-state index in [1.54, 1.807) is 31.2 Å². The molecule has 3 rings (SSSR count). The van der Waals surface area contributed by atoms with E-state index in [-0.39, 0.29) is 11.7 Å². The van der Waals surface area contributed by atoms with Crippen molar-refractivity contribution in [3.05, 3.63) is 59.7 Å². The van der Waals surface area contributed by atoms with Crippen LogP contribution in [0.2, 0.25) is 0 Å². The van der Waals surface area contributed by atoms with E-state index < -0.39 is 6.10 Å². The van der Waals surface area contributed by atoms with Crippen LogP contribution in [0.3, 0.4) is 0 Å². The van der Waals surface area contributed by atoms with Crippen LogP contribution in [0.15, 0.2) is 53.7 Å². The third kappa shape index (κ3) is 4.08. The van der Waals surface area contributed by atoms with Gasteiger partial charge < -0.3 is 14.9 Å². The fraction of sp³-hybridized carbons (Fsp3) is 0.250. The number of nitrogens with zero attached hydrogens (tertiary/aromatic N) is 1. The molecule has 0 fully saturated rings. The maximum Gasteiger partial charge on any atom is 0.267 e. The van der Waals surface area contributed by atoms with E-state index in [4.69, 9.17) is 9.57 Å². The summed E-state index contributed by atoms with van der Waals surface area (Å²) in [5.41, 5.74) is 2.71. The molecule has 0 bridgehead atoms. The summed E-state index contributed by atoms with van der Waals surface area (Å²) in [6, 6.07) is 14.4. The standard InChI is InChI=1S/C20H20N2O4/c1-13(23)15-6-5-7-16(12-15)21-20(24)14(2)26-22-18-10-11-25-19-9-4-3-8-17(18)19/h3-9,12,14H,10-11H2,1-2H3,(H,21,24). The van der Waals surface area contributed by atoms with Crippen LogP contribution in [0.1, 0.15) is 36.2 Å². The van der Waals surface area contributed by atoms with E-state index in [0.717, 1.165) is 17.0 Å². The maximum atomic E-state index is 12.3. The number of Topliss-reactive ketones (excluding diaryl/α,β-unsaturated/α-hetero) is 1. The van der Waals surface area contributed by atoms with Crippen LogP contribution in [0, 0.1) is 0 Å². The van der Waals surface area contributed by atoms with Gasteiger partial charge in [0.05, 0.1) is 12.3 Å². The minimum Gasteiger partial charge on any atom is -0.492 e. The normalized spacial score (nSPS) is 15.5. The summed E-state index contributed by atoms with van der Waals surface area (Å²) < 4.78 is 5.57. The molecule has 0 saturated carbocycles. The molecule has 1 amide bonds. The molecular weight excluding hydrogens is 332 g/mol. The smallest absolute Gasteiger partial charge is 0.267 e. The van der Waals surface area contributed by atoms with Crippen molar-refractivity contribution in [3.63, 3.8) is 0 Å². The summed E-state index contributed by atoms with van der Waals surface area (Å²) in [7, 11) is 0. The van der Waals surface area contributed by atoms with Crippen molar-refractivity contribution in [2.75, 3.05) is 11.9 Å². The molecule has 0 radical (unpaired) electrons. The van der Waals surface area contributed by atoms with Crippen LogP contribution < -0.4 is 10.1 Å². The Morgan fingerprint density at radius 2 is 2.00 bits per heavy atom. The fourth-order valence-electron chi connectivity index (χ4n) is 2.57. The number of ketones is 1. The number of anilines is 1. The first-order valence-corrected chi connectivity index (χ1v) is 8.41.